The molecule has 2 N–H and O–H groups in total. The van der Waals surface area contributed by atoms with Crippen molar-refractivity contribution < 1.29 is 8.83 Å². The molecule has 0 saturated carbocycles. The van der Waals surface area contributed by atoms with E-state index in [1.54, 1.807) is 0 Å². The number of nitrogens with zero attached hydrogens (tertiary/aromatic N) is 14. The Balaban J connectivity index is 0.000000190. The maximum Gasteiger partial charge on any atom is 0.266 e. The van der Waals surface area contributed by atoms with Gasteiger partial charge in [0.15, 0.2) is 0 Å². The summed E-state index contributed by atoms with van der Waals surface area (Å²) < 4.78 is 12.2. The molecule has 0 spiro atoms. The van der Waals surface area contributed by atoms with E-state index in [9.17, 15) is 0 Å². The average molecular weight is 969 g/mol. The van der Waals surface area contributed by atoms with E-state index in [0.29, 0.717) is 69.0 Å². The average Bonchev–Trinajstić information content (AvgIpc) is 4.33. The molecule has 6 aromatic carbocycles. The fourth-order valence-electron chi connectivity index (χ4n) is 8.32. The van der Waals surface area contributed by atoms with E-state index in [0.717, 1.165) is 66.0 Å². The summed E-state index contributed by atoms with van der Waals surface area (Å²) >= 11 is 0. The zero-order chi connectivity index (χ0) is 47.8. The molecule has 0 aliphatic heterocycles. The van der Waals surface area contributed by atoms with Crippen molar-refractivity contribution in [1.82, 2.24) is 81.6 Å². The summed E-state index contributed by atoms with van der Waals surface area (Å²) in [5, 5.41) is 48.9. The van der Waals surface area contributed by atoms with Crippen LogP contribution in [-0.2, 0) is 0 Å². The number of aromatic amines is 2. The Hall–Kier alpha value is -10.6. The molecule has 18 nitrogen and oxygen atoms in total. The van der Waals surface area contributed by atoms with Gasteiger partial charge in [0.2, 0.25) is 23.4 Å². The van der Waals surface area contributed by atoms with Crippen LogP contribution < -0.4 is 0 Å². The molecular weight excluding hydrogens is 929 g/mol. The Bertz CT molecular complexity index is 3930. The van der Waals surface area contributed by atoms with Crippen LogP contribution in [0.5, 0.6) is 0 Å². The van der Waals surface area contributed by atoms with Gasteiger partial charge >= 0.3 is 0 Å². The van der Waals surface area contributed by atoms with E-state index in [-0.39, 0.29) is 14.9 Å². The molecule has 8 heterocycles. The Kier molecular flexibility index (Phi) is 12.2. The molecule has 18 heteroatoms. The van der Waals surface area contributed by atoms with E-state index >= 15 is 0 Å². The molecule has 0 aliphatic carbocycles. The molecule has 14 aromatic rings. The van der Waals surface area contributed by atoms with E-state index in [1.807, 2.05) is 158 Å². The van der Waals surface area contributed by atoms with Crippen molar-refractivity contribution >= 4 is 43.6 Å². The Morgan fingerprint density at radius 1 is 0.270 bits per heavy atom. The van der Waals surface area contributed by atoms with E-state index in [1.165, 1.54) is 0 Å². The first-order valence-corrected chi connectivity index (χ1v) is 22.5. The van der Waals surface area contributed by atoms with Crippen LogP contribution >= 0.6 is 0 Å². The van der Waals surface area contributed by atoms with Crippen LogP contribution in [-0.4, -0.2) is 81.6 Å². The highest BCUT2D eigenvalue weighted by atomic mass is 16.4. The number of pyridine rings is 4. The normalized spacial score (nSPS) is 11.0. The molecule has 8 aromatic heterocycles. The maximum absolute atomic E-state index is 6.09. The standard InChI is InChI=1S/C40H24N6O2.C14H8N10.2CH4/c1-3-7-25(8-4-1)27-11-17-31(18-12-27)37-43-45-39(47-37)33-23-21-29-15-16-30-22-24-34(42-36(30)35(29)41-33)40-46-44-38(48-40)32-19-13-28(14-20-32)26-9-5-2-6-10-26;1-2-8-4-6-10(14-19-23-24-20-14)16-12(8)11-7(1)3-5-9(15-11)13-17-21-22-18-13;;/h1-24H;1-6H,(H,17,18,21,22)(H,19,20,23,24);2*1H4. The third-order valence-electron chi connectivity index (χ3n) is 12.0. The summed E-state index contributed by atoms with van der Waals surface area (Å²) in [5.41, 5.74) is 11.4. The second kappa shape index (κ2) is 19.6. The Labute approximate surface area is 420 Å². The molecule has 0 unspecified atom stereocenters. The topological polar surface area (TPSA) is 238 Å². The summed E-state index contributed by atoms with van der Waals surface area (Å²) in [6.07, 6.45) is 0. The minimum atomic E-state index is 0. The Morgan fingerprint density at radius 3 is 0.919 bits per heavy atom. The van der Waals surface area contributed by atoms with Crippen molar-refractivity contribution in [3.8, 4) is 91.4 Å². The first-order valence-electron chi connectivity index (χ1n) is 22.5. The van der Waals surface area contributed by atoms with Crippen LogP contribution in [0.4, 0.5) is 0 Å². The lowest BCUT2D eigenvalue weighted by atomic mass is 10.0. The van der Waals surface area contributed by atoms with Gasteiger partial charge in [-0.1, -0.05) is 148 Å². The van der Waals surface area contributed by atoms with Crippen molar-refractivity contribution in [1.29, 1.82) is 0 Å². The summed E-state index contributed by atoms with van der Waals surface area (Å²) in [6, 6.07) is 59.9. The lowest BCUT2D eigenvalue weighted by Gasteiger charge is -2.05. The molecule has 0 radical (unpaired) electrons. The number of H-pyrrole nitrogens is 2. The van der Waals surface area contributed by atoms with Gasteiger partial charge in [-0.2, -0.15) is 10.4 Å². The molecule has 356 valence electrons. The molecule has 0 aliphatic rings. The summed E-state index contributed by atoms with van der Waals surface area (Å²) in [5.74, 6) is 2.36. The number of nitrogens with one attached hydrogen (secondary N) is 2. The first-order chi connectivity index (χ1) is 35.6. The molecular formula is C56H40N16O2. The third kappa shape index (κ3) is 8.81. The number of rotatable bonds is 8. The van der Waals surface area contributed by atoms with Gasteiger partial charge in [-0.05, 0) is 81.2 Å². The maximum atomic E-state index is 6.09. The van der Waals surface area contributed by atoms with Crippen molar-refractivity contribution in [2.24, 2.45) is 0 Å². The predicted molar refractivity (Wildman–Crippen MR) is 282 cm³/mol. The van der Waals surface area contributed by atoms with Crippen LogP contribution in [0.15, 0.2) is 191 Å². The lowest BCUT2D eigenvalue weighted by Crippen LogP contribution is -1.92. The van der Waals surface area contributed by atoms with Crippen molar-refractivity contribution in [2.45, 2.75) is 14.9 Å². The zero-order valence-electron chi connectivity index (χ0n) is 37.4. The highest BCUT2D eigenvalue weighted by Crippen LogP contribution is 2.32. The number of aromatic nitrogens is 16. The summed E-state index contributed by atoms with van der Waals surface area (Å²) in [7, 11) is 0. The highest BCUT2D eigenvalue weighted by molar-refractivity contribution is 6.05. The summed E-state index contributed by atoms with van der Waals surface area (Å²) in [4.78, 5) is 19.2. The van der Waals surface area contributed by atoms with Gasteiger partial charge < -0.3 is 8.83 Å². The van der Waals surface area contributed by atoms with Crippen LogP contribution in [0.2, 0.25) is 0 Å². The monoisotopic (exact) mass is 968 g/mol. The van der Waals surface area contributed by atoms with Gasteiger partial charge in [0.05, 0.1) is 22.1 Å². The van der Waals surface area contributed by atoms with E-state index in [2.05, 4.69) is 95.9 Å². The molecule has 74 heavy (non-hydrogen) atoms. The highest BCUT2D eigenvalue weighted by Gasteiger charge is 2.18. The van der Waals surface area contributed by atoms with Gasteiger partial charge in [-0.3, -0.25) is 0 Å². The smallest absolute Gasteiger partial charge is 0.266 e. The fourth-order valence-corrected chi connectivity index (χ4v) is 8.32. The molecule has 0 fully saturated rings. The van der Waals surface area contributed by atoms with Gasteiger partial charge in [0, 0.05) is 32.7 Å². The minimum Gasteiger partial charge on any atom is -0.415 e. The quantitative estimate of drug-likeness (QED) is 0.135. The predicted octanol–water partition coefficient (Wildman–Crippen LogP) is 12.0. The summed E-state index contributed by atoms with van der Waals surface area (Å²) in [6.45, 7) is 0. The van der Waals surface area contributed by atoms with E-state index < -0.39 is 0 Å². The number of benzene rings is 6. The molecule has 0 bridgehead atoms. The molecule has 0 amide bonds. The van der Waals surface area contributed by atoms with Crippen LogP contribution in [0, 0.1) is 0 Å². The SMILES string of the molecule is C.C.c1cc2ccc3ccc(-c4nn[nH]n4)nc3c2nc1-c1nn[nH]n1.c1ccc(-c2ccc(-c3nnc(-c4ccc5ccc6ccc(-c7nnc(-c8ccc(-c9ccccc9)cc8)o7)nc6c5n4)o3)cc2)cc1. The van der Waals surface area contributed by atoms with Crippen molar-refractivity contribution in [3.63, 3.8) is 0 Å². The molecule has 14 rings (SSSR count). The van der Waals surface area contributed by atoms with Crippen molar-refractivity contribution in [2.75, 3.05) is 0 Å². The molecule has 0 saturated heterocycles. The van der Waals surface area contributed by atoms with Gasteiger partial charge in [0.1, 0.15) is 22.8 Å². The molecule has 0 atom stereocenters. The van der Waals surface area contributed by atoms with Crippen LogP contribution in [0.3, 0.4) is 0 Å². The minimum absolute atomic E-state index is 0. The van der Waals surface area contributed by atoms with Crippen molar-refractivity contribution in [3.05, 3.63) is 182 Å². The largest absolute Gasteiger partial charge is 0.415 e. The first kappa shape index (κ1) is 45.8. The second-order valence-electron chi connectivity index (χ2n) is 16.4. The second-order valence-corrected chi connectivity index (χ2v) is 16.4. The number of fused-ring (bicyclic) bond motifs is 6. The number of hydrogen-bond donors (Lipinski definition) is 2. The zero-order valence-corrected chi connectivity index (χ0v) is 37.4. The van der Waals surface area contributed by atoms with Crippen LogP contribution in [0.1, 0.15) is 14.9 Å². The van der Waals surface area contributed by atoms with E-state index in [4.69, 9.17) is 18.8 Å². The fraction of sp³-hybridized carbons (Fsp3) is 0.0357. The van der Waals surface area contributed by atoms with Crippen LogP contribution in [0.25, 0.3) is 135 Å². The van der Waals surface area contributed by atoms with Gasteiger partial charge in [0.25, 0.3) is 11.8 Å². The number of tetrazole rings is 2. The number of hydrogen-bond acceptors (Lipinski definition) is 16. The Morgan fingerprint density at radius 2 is 0.568 bits per heavy atom. The van der Waals surface area contributed by atoms with Gasteiger partial charge in [-0.25, -0.2) is 19.9 Å². The van der Waals surface area contributed by atoms with Gasteiger partial charge in [-0.15, -0.1) is 40.8 Å². The third-order valence-corrected chi connectivity index (χ3v) is 12.0. The lowest BCUT2D eigenvalue weighted by molar-refractivity contribution is 0.582.